The number of hydrogen-bond acceptors (Lipinski definition) is 5. The third-order valence-electron chi connectivity index (χ3n) is 4.55. The lowest BCUT2D eigenvalue weighted by atomic mass is 10.1. The molecule has 1 N–H and O–H groups in total. The van der Waals surface area contributed by atoms with Crippen LogP contribution < -0.4 is 10.1 Å². The number of rotatable bonds is 6. The monoisotopic (exact) mass is 405 g/mol. The highest BCUT2D eigenvalue weighted by atomic mass is 16.6. The van der Waals surface area contributed by atoms with Gasteiger partial charge < -0.3 is 24.6 Å². The molecule has 160 valence electrons. The first-order valence-electron chi connectivity index (χ1n) is 9.83. The van der Waals surface area contributed by atoms with Gasteiger partial charge in [-0.3, -0.25) is 9.59 Å². The SMILES string of the molecule is COc1ccc(CCC(=O)N2CCN(C(=O)CNC(=O)OC(C)(C)C)CC2)cc1. The average molecular weight is 405 g/mol. The van der Waals surface area contributed by atoms with Crippen molar-refractivity contribution in [1.29, 1.82) is 0 Å². The normalized spacial score (nSPS) is 14.3. The highest BCUT2D eigenvalue weighted by molar-refractivity contribution is 5.83. The second kappa shape index (κ2) is 10.1. The van der Waals surface area contributed by atoms with Gasteiger partial charge in [0.05, 0.1) is 7.11 Å². The fourth-order valence-corrected chi connectivity index (χ4v) is 2.98. The van der Waals surface area contributed by atoms with Crippen LogP contribution in [0.4, 0.5) is 4.79 Å². The van der Waals surface area contributed by atoms with Crippen LogP contribution in [0.25, 0.3) is 0 Å². The number of nitrogens with one attached hydrogen (secondary N) is 1. The summed E-state index contributed by atoms with van der Waals surface area (Å²) in [5.74, 6) is 0.697. The molecule has 0 atom stereocenters. The van der Waals surface area contributed by atoms with Crippen LogP contribution >= 0.6 is 0 Å². The lowest BCUT2D eigenvalue weighted by Crippen LogP contribution is -2.52. The van der Waals surface area contributed by atoms with Crippen LogP contribution in [-0.4, -0.2) is 73.1 Å². The van der Waals surface area contributed by atoms with Crippen LogP contribution in [0, 0.1) is 0 Å². The molecule has 0 saturated carbocycles. The van der Waals surface area contributed by atoms with Gasteiger partial charge in [0.25, 0.3) is 0 Å². The Kier molecular flexibility index (Phi) is 7.87. The van der Waals surface area contributed by atoms with Crippen LogP contribution in [0.5, 0.6) is 5.75 Å². The van der Waals surface area contributed by atoms with Gasteiger partial charge in [-0.05, 0) is 44.9 Å². The van der Waals surface area contributed by atoms with Gasteiger partial charge in [-0.15, -0.1) is 0 Å². The van der Waals surface area contributed by atoms with E-state index in [9.17, 15) is 14.4 Å². The Morgan fingerprint density at radius 2 is 1.52 bits per heavy atom. The number of benzene rings is 1. The predicted octanol–water partition coefficient (Wildman–Crippen LogP) is 1.82. The third-order valence-corrected chi connectivity index (χ3v) is 4.55. The van der Waals surface area contributed by atoms with Crippen molar-refractivity contribution in [2.45, 2.75) is 39.2 Å². The summed E-state index contributed by atoms with van der Waals surface area (Å²) in [6.07, 6.45) is 0.487. The quantitative estimate of drug-likeness (QED) is 0.780. The smallest absolute Gasteiger partial charge is 0.408 e. The third kappa shape index (κ3) is 7.63. The molecule has 1 aromatic rings. The molecule has 0 radical (unpaired) electrons. The highest BCUT2D eigenvalue weighted by Gasteiger charge is 2.24. The average Bonchev–Trinajstić information content (AvgIpc) is 2.69. The van der Waals surface area contributed by atoms with E-state index in [0.717, 1.165) is 11.3 Å². The summed E-state index contributed by atoms with van der Waals surface area (Å²) in [4.78, 5) is 39.8. The van der Waals surface area contributed by atoms with Crippen molar-refractivity contribution >= 4 is 17.9 Å². The van der Waals surface area contributed by atoms with Crippen molar-refractivity contribution in [1.82, 2.24) is 15.1 Å². The van der Waals surface area contributed by atoms with E-state index in [1.807, 2.05) is 24.3 Å². The number of hydrogen-bond donors (Lipinski definition) is 1. The second-order valence-electron chi connectivity index (χ2n) is 7.97. The Bertz CT molecular complexity index is 704. The van der Waals surface area contributed by atoms with E-state index in [0.29, 0.717) is 39.0 Å². The second-order valence-corrected chi connectivity index (χ2v) is 7.97. The Balaban J connectivity index is 1.69. The van der Waals surface area contributed by atoms with Crippen LogP contribution in [0.3, 0.4) is 0 Å². The van der Waals surface area contributed by atoms with E-state index >= 15 is 0 Å². The van der Waals surface area contributed by atoms with Crippen LogP contribution in [0.2, 0.25) is 0 Å². The molecular weight excluding hydrogens is 374 g/mol. The molecule has 1 fully saturated rings. The number of methoxy groups -OCH3 is 1. The van der Waals surface area contributed by atoms with Gasteiger partial charge in [0, 0.05) is 32.6 Å². The van der Waals surface area contributed by atoms with Gasteiger partial charge in [0.15, 0.2) is 0 Å². The maximum absolute atomic E-state index is 12.4. The molecule has 3 amide bonds. The van der Waals surface area contributed by atoms with Gasteiger partial charge in [0.2, 0.25) is 11.8 Å². The van der Waals surface area contributed by atoms with Crippen molar-refractivity contribution in [3.63, 3.8) is 0 Å². The molecule has 0 aliphatic carbocycles. The fourth-order valence-electron chi connectivity index (χ4n) is 2.98. The molecule has 2 rings (SSSR count). The number of ether oxygens (including phenoxy) is 2. The molecule has 29 heavy (non-hydrogen) atoms. The molecule has 1 aliphatic rings. The standard InChI is InChI=1S/C21H31N3O5/c1-21(2,3)29-20(27)22-15-19(26)24-13-11-23(12-14-24)18(25)10-7-16-5-8-17(28-4)9-6-16/h5-6,8-9H,7,10-15H2,1-4H3,(H,22,27). The first-order valence-corrected chi connectivity index (χ1v) is 9.83. The predicted molar refractivity (Wildman–Crippen MR) is 109 cm³/mol. The Morgan fingerprint density at radius 3 is 2.03 bits per heavy atom. The van der Waals surface area contributed by atoms with Gasteiger partial charge in [-0.2, -0.15) is 0 Å². The van der Waals surface area contributed by atoms with E-state index in [1.54, 1.807) is 37.7 Å². The van der Waals surface area contributed by atoms with Gasteiger partial charge >= 0.3 is 6.09 Å². The summed E-state index contributed by atoms with van der Waals surface area (Å²) < 4.78 is 10.3. The minimum Gasteiger partial charge on any atom is -0.497 e. The Labute approximate surface area is 172 Å². The Morgan fingerprint density at radius 1 is 0.966 bits per heavy atom. The van der Waals surface area contributed by atoms with Crippen molar-refractivity contribution < 1.29 is 23.9 Å². The summed E-state index contributed by atoms with van der Waals surface area (Å²) in [6, 6.07) is 7.69. The summed E-state index contributed by atoms with van der Waals surface area (Å²) >= 11 is 0. The lowest BCUT2D eigenvalue weighted by molar-refractivity contribution is -0.139. The largest absolute Gasteiger partial charge is 0.497 e. The molecule has 8 heteroatoms. The number of nitrogens with zero attached hydrogens (tertiary/aromatic N) is 2. The zero-order chi connectivity index (χ0) is 21.4. The summed E-state index contributed by atoms with van der Waals surface area (Å²) in [7, 11) is 1.62. The lowest BCUT2D eigenvalue weighted by Gasteiger charge is -2.35. The zero-order valence-electron chi connectivity index (χ0n) is 17.7. The molecule has 0 unspecified atom stereocenters. The number of carbonyl (C=O) groups excluding carboxylic acids is 3. The number of amides is 3. The molecule has 1 aromatic carbocycles. The molecule has 0 spiro atoms. The van der Waals surface area contributed by atoms with Gasteiger partial charge in [-0.1, -0.05) is 12.1 Å². The van der Waals surface area contributed by atoms with E-state index in [-0.39, 0.29) is 18.4 Å². The first-order chi connectivity index (χ1) is 13.7. The minimum atomic E-state index is -0.613. The van der Waals surface area contributed by atoms with Gasteiger partial charge in [-0.25, -0.2) is 4.79 Å². The van der Waals surface area contributed by atoms with Crippen molar-refractivity contribution in [2.24, 2.45) is 0 Å². The van der Waals surface area contributed by atoms with Crippen LogP contribution in [-0.2, 0) is 20.7 Å². The summed E-state index contributed by atoms with van der Waals surface area (Å²) in [6.45, 7) is 7.10. The maximum Gasteiger partial charge on any atom is 0.408 e. The van der Waals surface area contributed by atoms with Crippen molar-refractivity contribution in [3.05, 3.63) is 29.8 Å². The molecule has 0 aromatic heterocycles. The first kappa shape index (κ1) is 22.5. The van der Waals surface area contributed by atoms with Crippen LogP contribution in [0.1, 0.15) is 32.8 Å². The number of carbonyl (C=O) groups is 3. The molecular formula is C21H31N3O5. The molecule has 8 nitrogen and oxygen atoms in total. The minimum absolute atomic E-state index is 0.0831. The van der Waals surface area contributed by atoms with Crippen molar-refractivity contribution in [2.75, 3.05) is 39.8 Å². The fraction of sp³-hybridized carbons (Fsp3) is 0.571. The maximum atomic E-state index is 12.4. The molecule has 1 heterocycles. The summed E-state index contributed by atoms with van der Waals surface area (Å²) in [5, 5.41) is 2.48. The Hall–Kier alpha value is -2.77. The van der Waals surface area contributed by atoms with E-state index in [4.69, 9.17) is 9.47 Å². The number of alkyl carbamates (subject to hydrolysis) is 1. The van der Waals surface area contributed by atoms with Crippen LogP contribution in [0.15, 0.2) is 24.3 Å². The topological polar surface area (TPSA) is 88.2 Å². The zero-order valence-corrected chi connectivity index (χ0v) is 17.7. The van der Waals surface area contributed by atoms with E-state index < -0.39 is 11.7 Å². The summed E-state index contributed by atoms with van der Waals surface area (Å²) in [5.41, 5.74) is 0.478. The van der Waals surface area contributed by atoms with E-state index in [1.165, 1.54) is 0 Å². The van der Waals surface area contributed by atoms with E-state index in [2.05, 4.69) is 5.32 Å². The molecule has 1 saturated heterocycles. The molecule has 0 bridgehead atoms. The number of piperazine rings is 1. The van der Waals surface area contributed by atoms with Crippen molar-refractivity contribution in [3.8, 4) is 5.75 Å². The number of aryl methyl sites for hydroxylation is 1. The highest BCUT2D eigenvalue weighted by Crippen LogP contribution is 2.14. The van der Waals surface area contributed by atoms with Gasteiger partial charge in [0.1, 0.15) is 17.9 Å². The molecule has 1 aliphatic heterocycles.